The molecule has 2 rings (SSSR count). The Morgan fingerprint density at radius 3 is 2.55 bits per heavy atom. The molecular weight excluding hydrogens is 328 g/mol. The normalized spacial score (nSPS) is 36.2. The second-order valence-corrected chi connectivity index (χ2v) is 6.00. The summed E-state index contributed by atoms with van der Waals surface area (Å²) in [5, 5.41) is 21.3. The number of ether oxygens (including phenoxy) is 1. The number of amides is 2. The highest BCUT2D eigenvalue weighted by atomic mass is 31.2. The van der Waals surface area contributed by atoms with E-state index in [1.807, 2.05) is 0 Å². The van der Waals surface area contributed by atoms with E-state index in [9.17, 15) is 28.8 Å². The maximum Gasteiger partial charge on any atom is 0.469 e. The topological polar surface area (TPSA) is 163 Å². The molecule has 0 saturated carbocycles. The fourth-order valence-corrected chi connectivity index (χ4v) is 2.53. The molecule has 0 aromatic heterocycles. The highest BCUT2D eigenvalue weighted by Gasteiger charge is 2.49. The molecule has 2 aliphatic heterocycles. The Kier molecular flexibility index (Phi) is 4.78. The molecule has 12 heteroatoms. The molecule has 2 aliphatic rings. The maximum atomic E-state index is 13.2. The third-order valence-corrected chi connectivity index (χ3v) is 3.73. The van der Waals surface area contributed by atoms with Crippen LogP contribution in [0.4, 0.5) is 4.39 Å². The van der Waals surface area contributed by atoms with Gasteiger partial charge in [-0.15, -0.1) is 0 Å². The largest absolute Gasteiger partial charge is 0.469 e. The van der Waals surface area contributed by atoms with Crippen molar-refractivity contribution in [2.45, 2.75) is 24.4 Å². The van der Waals surface area contributed by atoms with Crippen molar-refractivity contribution < 1.29 is 47.8 Å². The van der Waals surface area contributed by atoms with Crippen LogP contribution >= 0.6 is 7.82 Å². The minimum atomic E-state index is -4.82. The van der Waals surface area contributed by atoms with Crippen LogP contribution in [0.5, 0.6) is 0 Å². The zero-order valence-electron chi connectivity index (χ0n) is 10.8. The van der Waals surface area contributed by atoms with Gasteiger partial charge in [-0.2, -0.15) is 0 Å². The second-order valence-electron chi connectivity index (χ2n) is 4.77. The smallest absolute Gasteiger partial charge is 0.388 e. The van der Waals surface area contributed by atoms with Crippen LogP contribution in [0.1, 0.15) is 0 Å². The molecule has 22 heavy (non-hydrogen) atoms. The number of nitrogens with one attached hydrogen (secondary N) is 1. The minimum Gasteiger partial charge on any atom is -0.388 e. The minimum absolute atomic E-state index is 0.647. The molecule has 1 unspecified atom stereocenters. The van der Waals surface area contributed by atoms with Crippen molar-refractivity contribution >= 4 is 19.6 Å². The van der Waals surface area contributed by atoms with Gasteiger partial charge in [0, 0.05) is 0 Å². The fraction of sp³-hybridized carbons (Fsp3) is 0.600. The van der Waals surface area contributed by atoms with Gasteiger partial charge < -0.3 is 24.7 Å². The van der Waals surface area contributed by atoms with Gasteiger partial charge in [0.15, 0.2) is 5.83 Å². The third-order valence-electron chi connectivity index (χ3n) is 3.24. The van der Waals surface area contributed by atoms with E-state index >= 15 is 0 Å². The number of phosphoric acid groups is 1. The number of hydrogen-bond acceptors (Lipinski definition) is 7. The zero-order chi connectivity index (χ0) is 16.7. The molecule has 5 N–H and O–H groups in total. The number of aliphatic hydroxyl groups excluding tert-OH is 2. The summed E-state index contributed by atoms with van der Waals surface area (Å²) in [6.07, 6.45) is -5.35. The van der Waals surface area contributed by atoms with Crippen LogP contribution in [0.25, 0.3) is 0 Å². The summed E-state index contributed by atoms with van der Waals surface area (Å²) in [5.41, 5.74) is 0. The molecular formula is C10H13FNO9P. The Morgan fingerprint density at radius 2 is 1.95 bits per heavy atom. The van der Waals surface area contributed by atoms with Crippen molar-refractivity contribution in [2.24, 2.45) is 5.92 Å². The van der Waals surface area contributed by atoms with Crippen LogP contribution in [0, 0.1) is 5.92 Å². The van der Waals surface area contributed by atoms with Gasteiger partial charge in [0.1, 0.15) is 24.4 Å². The van der Waals surface area contributed by atoms with Crippen molar-refractivity contribution in [1.29, 1.82) is 0 Å². The van der Waals surface area contributed by atoms with Gasteiger partial charge in [-0.3, -0.25) is 19.4 Å². The predicted molar refractivity (Wildman–Crippen MR) is 64.5 cm³/mol. The number of halogens is 1. The predicted octanol–water partition coefficient (Wildman–Crippen LogP) is -2.29. The molecule has 2 amide bonds. The molecule has 0 aliphatic carbocycles. The fourth-order valence-electron chi connectivity index (χ4n) is 2.19. The zero-order valence-corrected chi connectivity index (χ0v) is 11.7. The first-order chi connectivity index (χ1) is 10.1. The van der Waals surface area contributed by atoms with Gasteiger partial charge in [-0.1, -0.05) is 0 Å². The first-order valence-corrected chi connectivity index (χ1v) is 7.57. The Hall–Kier alpha value is -1.20. The van der Waals surface area contributed by atoms with Crippen LogP contribution in [-0.4, -0.2) is 62.8 Å². The summed E-state index contributed by atoms with van der Waals surface area (Å²) in [6.45, 7) is -0.752. The first kappa shape index (κ1) is 17.2. The van der Waals surface area contributed by atoms with Gasteiger partial charge in [-0.25, -0.2) is 8.96 Å². The van der Waals surface area contributed by atoms with Gasteiger partial charge >= 0.3 is 7.82 Å². The second kappa shape index (κ2) is 6.13. The molecule has 0 radical (unpaired) electrons. The highest BCUT2D eigenvalue weighted by Crippen LogP contribution is 2.38. The lowest BCUT2D eigenvalue weighted by Gasteiger charge is -2.24. The molecule has 0 bridgehead atoms. The lowest BCUT2D eigenvalue weighted by Crippen LogP contribution is -2.47. The lowest BCUT2D eigenvalue weighted by atomic mass is 9.93. The number of carbonyl (C=O) groups excluding carboxylic acids is 2. The van der Waals surface area contributed by atoms with Crippen LogP contribution < -0.4 is 5.32 Å². The van der Waals surface area contributed by atoms with Gasteiger partial charge in [0.05, 0.1) is 12.5 Å². The van der Waals surface area contributed by atoms with Crippen LogP contribution in [-0.2, 0) is 23.4 Å². The number of rotatable bonds is 4. The van der Waals surface area contributed by atoms with E-state index in [-0.39, 0.29) is 0 Å². The van der Waals surface area contributed by atoms with Gasteiger partial charge in [0.2, 0.25) is 5.91 Å². The number of carbonyl (C=O) groups is 2. The van der Waals surface area contributed by atoms with Crippen molar-refractivity contribution in [3.05, 3.63) is 11.9 Å². The van der Waals surface area contributed by atoms with Crippen LogP contribution in [0.2, 0.25) is 0 Å². The molecule has 124 valence electrons. The van der Waals surface area contributed by atoms with E-state index < -0.39 is 62.4 Å². The molecule has 5 atom stereocenters. The number of phosphoric ester groups is 1. The van der Waals surface area contributed by atoms with Gasteiger partial charge in [-0.05, 0) is 6.08 Å². The van der Waals surface area contributed by atoms with Crippen molar-refractivity contribution in [3.8, 4) is 0 Å². The first-order valence-electron chi connectivity index (χ1n) is 6.04. The Balaban J connectivity index is 2.11. The monoisotopic (exact) mass is 341 g/mol. The van der Waals surface area contributed by atoms with Gasteiger partial charge in [0.25, 0.3) is 5.91 Å². The van der Waals surface area contributed by atoms with Crippen LogP contribution in [0.15, 0.2) is 11.9 Å². The summed E-state index contributed by atoms with van der Waals surface area (Å²) < 4.78 is 33.1. The van der Waals surface area contributed by atoms with Crippen LogP contribution in [0.3, 0.4) is 0 Å². The number of imide groups is 1. The third kappa shape index (κ3) is 3.58. The average Bonchev–Trinajstić information content (AvgIpc) is 2.68. The SMILES string of the molecule is O=C1NC(=O)C([C@@H]2O[C@H](COP(=O)(O)O)[C@@H](O)[C@H]2O)C=C1F. The van der Waals surface area contributed by atoms with E-state index in [1.165, 1.54) is 0 Å². The average molecular weight is 341 g/mol. The van der Waals surface area contributed by atoms with E-state index in [4.69, 9.17) is 14.5 Å². The van der Waals surface area contributed by atoms with Crippen molar-refractivity contribution in [2.75, 3.05) is 6.61 Å². The number of hydrogen-bond donors (Lipinski definition) is 5. The summed E-state index contributed by atoms with van der Waals surface area (Å²) >= 11 is 0. The molecule has 0 aromatic rings. The molecule has 10 nitrogen and oxygen atoms in total. The highest BCUT2D eigenvalue weighted by molar-refractivity contribution is 7.46. The van der Waals surface area contributed by atoms with E-state index in [2.05, 4.69) is 4.52 Å². The molecule has 1 fully saturated rings. The number of aliphatic hydroxyl groups is 2. The summed E-state index contributed by atoms with van der Waals surface area (Å²) in [4.78, 5) is 39.8. The molecule has 1 saturated heterocycles. The summed E-state index contributed by atoms with van der Waals surface area (Å²) in [6, 6.07) is 0. The molecule has 2 heterocycles. The van der Waals surface area contributed by atoms with E-state index in [0.29, 0.717) is 6.08 Å². The van der Waals surface area contributed by atoms with E-state index in [1.54, 1.807) is 5.32 Å². The lowest BCUT2D eigenvalue weighted by molar-refractivity contribution is -0.137. The quantitative estimate of drug-likeness (QED) is 0.280. The molecule has 0 spiro atoms. The Morgan fingerprint density at radius 1 is 1.32 bits per heavy atom. The maximum absolute atomic E-state index is 13.2. The summed E-state index contributed by atoms with van der Waals surface area (Å²) in [5.74, 6) is -4.79. The van der Waals surface area contributed by atoms with Crippen molar-refractivity contribution in [1.82, 2.24) is 5.32 Å². The Bertz CT molecular complexity index is 561. The van der Waals surface area contributed by atoms with Crippen molar-refractivity contribution in [3.63, 3.8) is 0 Å². The van der Waals surface area contributed by atoms with E-state index in [0.717, 1.165) is 0 Å². The summed E-state index contributed by atoms with van der Waals surface area (Å²) in [7, 11) is -4.82. The Labute approximate surface area is 122 Å². The standard InChI is InChI=1S/C10H13FNO9P/c11-4-1-3(9(15)12-10(4)16)8-7(14)6(13)5(21-8)2-20-22(17,18)19/h1,3,5-8,13-14H,2H2,(H,12,15,16)(H2,17,18,19)/t3?,5-,6-,7-,8+/m1/s1. The molecule has 0 aromatic carbocycles.